The van der Waals surface area contributed by atoms with Gasteiger partial charge in [-0.15, -0.1) is 0 Å². The van der Waals surface area contributed by atoms with Crippen LogP contribution in [0.2, 0.25) is 0 Å². The molecule has 6 heteroatoms. The summed E-state index contributed by atoms with van der Waals surface area (Å²) in [7, 11) is 1.61. The summed E-state index contributed by atoms with van der Waals surface area (Å²) in [5.41, 5.74) is -0.710. The predicted molar refractivity (Wildman–Crippen MR) is 71.6 cm³/mol. The highest BCUT2D eigenvalue weighted by atomic mass is 16.4. The molecule has 1 amide bonds. The minimum Gasteiger partial charge on any atom is -0.477 e. The third kappa shape index (κ3) is 3.14. The van der Waals surface area contributed by atoms with E-state index in [1.165, 1.54) is 23.2 Å². The van der Waals surface area contributed by atoms with Crippen LogP contribution in [0, 0.1) is 0 Å². The predicted octanol–water partition coefficient (Wildman–Crippen LogP) is 1.16. The molecule has 1 aromatic rings. The summed E-state index contributed by atoms with van der Waals surface area (Å²) in [6, 6.07) is 2.73. The molecule has 0 saturated heterocycles. The number of carbonyl (C=O) groups is 2. The van der Waals surface area contributed by atoms with Crippen molar-refractivity contribution in [3.8, 4) is 0 Å². The van der Waals surface area contributed by atoms with Crippen molar-refractivity contribution in [3.05, 3.63) is 29.6 Å². The van der Waals surface area contributed by atoms with Gasteiger partial charge < -0.3 is 15.1 Å². The number of hydrogen-bond donors (Lipinski definition) is 2. The number of aliphatic hydroxyl groups is 1. The monoisotopic (exact) mass is 278 g/mol. The molecule has 2 N–H and O–H groups in total. The Morgan fingerprint density at radius 3 is 2.65 bits per heavy atom. The van der Waals surface area contributed by atoms with Gasteiger partial charge in [-0.05, 0) is 25.0 Å². The molecule has 0 spiro atoms. The van der Waals surface area contributed by atoms with Gasteiger partial charge in [0.1, 0.15) is 5.69 Å². The van der Waals surface area contributed by atoms with E-state index in [1.807, 2.05) is 0 Å². The summed E-state index contributed by atoms with van der Waals surface area (Å²) >= 11 is 0. The van der Waals surface area contributed by atoms with Crippen LogP contribution in [0.3, 0.4) is 0 Å². The molecule has 0 bridgehead atoms. The van der Waals surface area contributed by atoms with E-state index in [-0.39, 0.29) is 23.7 Å². The van der Waals surface area contributed by atoms with Crippen LogP contribution >= 0.6 is 0 Å². The highest BCUT2D eigenvalue weighted by Crippen LogP contribution is 2.30. The van der Waals surface area contributed by atoms with Gasteiger partial charge in [0.05, 0.1) is 5.60 Å². The van der Waals surface area contributed by atoms with E-state index in [0.29, 0.717) is 12.8 Å². The summed E-state index contributed by atoms with van der Waals surface area (Å²) < 4.78 is 0. The average Bonchev–Trinajstić information content (AvgIpc) is 2.84. The summed E-state index contributed by atoms with van der Waals surface area (Å²) in [5, 5.41) is 19.2. The van der Waals surface area contributed by atoms with E-state index in [0.717, 1.165) is 12.8 Å². The lowest BCUT2D eigenvalue weighted by Gasteiger charge is -2.28. The van der Waals surface area contributed by atoms with E-state index in [4.69, 9.17) is 5.11 Å². The van der Waals surface area contributed by atoms with Crippen molar-refractivity contribution in [2.45, 2.75) is 31.3 Å². The molecule has 1 aliphatic rings. The summed E-state index contributed by atoms with van der Waals surface area (Å²) in [6.07, 6.45) is 4.63. The van der Waals surface area contributed by atoms with Crippen molar-refractivity contribution in [2.24, 2.45) is 0 Å². The third-order valence-corrected chi connectivity index (χ3v) is 3.64. The minimum atomic E-state index is -1.17. The molecule has 108 valence electrons. The first-order valence-corrected chi connectivity index (χ1v) is 6.58. The number of pyridine rings is 1. The van der Waals surface area contributed by atoms with Crippen molar-refractivity contribution in [1.82, 2.24) is 9.88 Å². The van der Waals surface area contributed by atoms with Crippen molar-refractivity contribution < 1.29 is 19.8 Å². The lowest BCUT2D eigenvalue weighted by atomic mass is 10.0. The first-order valence-electron chi connectivity index (χ1n) is 6.58. The maximum Gasteiger partial charge on any atom is 0.354 e. The first kappa shape index (κ1) is 14.5. The topological polar surface area (TPSA) is 90.7 Å². The zero-order valence-electron chi connectivity index (χ0n) is 11.4. The number of rotatable bonds is 4. The number of likely N-dealkylation sites (N-methyl/N-ethyl adjacent to an activating group) is 1. The molecule has 2 rings (SSSR count). The van der Waals surface area contributed by atoms with Crippen LogP contribution in [0.25, 0.3) is 0 Å². The second-order valence-electron chi connectivity index (χ2n) is 5.33. The Morgan fingerprint density at radius 2 is 2.05 bits per heavy atom. The zero-order valence-corrected chi connectivity index (χ0v) is 11.4. The number of aromatic carboxylic acids is 1. The van der Waals surface area contributed by atoms with E-state index in [2.05, 4.69) is 4.98 Å². The maximum atomic E-state index is 12.2. The SMILES string of the molecule is CN(CC1(O)CCCC1)C(=O)c1ccnc(C(=O)O)c1. The number of aromatic nitrogens is 1. The normalized spacial score (nSPS) is 16.9. The molecule has 0 atom stereocenters. The number of carboxylic acid groups (broad SMARTS) is 1. The fourth-order valence-corrected chi connectivity index (χ4v) is 2.61. The van der Waals surface area contributed by atoms with Crippen molar-refractivity contribution in [1.29, 1.82) is 0 Å². The molecule has 1 heterocycles. The van der Waals surface area contributed by atoms with Crippen LogP contribution in [-0.2, 0) is 0 Å². The molecule has 1 aliphatic carbocycles. The summed E-state index contributed by atoms with van der Waals surface area (Å²) in [4.78, 5) is 28.2. The third-order valence-electron chi connectivity index (χ3n) is 3.64. The maximum absolute atomic E-state index is 12.2. The van der Waals surface area contributed by atoms with E-state index < -0.39 is 11.6 Å². The van der Waals surface area contributed by atoms with Gasteiger partial charge >= 0.3 is 5.97 Å². The lowest BCUT2D eigenvalue weighted by molar-refractivity contribution is 0.0156. The van der Waals surface area contributed by atoms with E-state index >= 15 is 0 Å². The van der Waals surface area contributed by atoms with Crippen LogP contribution < -0.4 is 0 Å². The van der Waals surface area contributed by atoms with Crippen LogP contribution in [0.5, 0.6) is 0 Å². The lowest BCUT2D eigenvalue weighted by Crippen LogP contribution is -2.42. The first-order chi connectivity index (χ1) is 9.41. The zero-order chi connectivity index (χ0) is 14.8. The second kappa shape index (κ2) is 5.58. The largest absolute Gasteiger partial charge is 0.477 e. The van der Waals surface area contributed by atoms with E-state index in [9.17, 15) is 14.7 Å². The van der Waals surface area contributed by atoms with Gasteiger partial charge in [0.2, 0.25) is 0 Å². The average molecular weight is 278 g/mol. The van der Waals surface area contributed by atoms with Crippen molar-refractivity contribution in [2.75, 3.05) is 13.6 Å². The summed E-state index contributed by atoms with van der Waals surface area (Å²) in [5.74, 6) is -1.48. The minimum absolute atomic E-state index is 0.163. The van der Waals surface area contributed by atoms with Gasteiger partial charge in [-0.1, -0.05) is 12.8 Å². The van der Waals surface area contributed by atoms with Gasteiger partial charge in [0.15, 0.2) is 0 Å². The van der Waals surface area contributed by atoms with Gasteiger partial charge in [0.25, 0.3) is 5.91 Å². The molecular formula is C14H18N2O4. The Hall–Kier alpha value is -1.95. The number of amides is 1. The highest BCUT2D eigenvalue weighted by Gasteiger charge is 2.33. The number of carbonyl (C=O) groups excluding carboxylic acids is 1. The van der Waals surface area contributed by atoms with Gasteiger partial charge in [0, 0.05) is 25.4 Å². The van der Waals surface area contributed by atoms with Crippen molar-refractivity contribution in [3.63, 3.8) is 0 Å². The van der Waals surface area contributed by atoms with Gasteiger partial charge in [-0.3, -0.25) is 4.79 Å². The Kier molecular flexibility index (Phi) is 4.04. The molecule has 0 unspecified atom stereocenters. The Labute approximate surface area is 117 Å². The molecule has 1 aromatic heterocycles. The molecule has 20 heavy (non-hydrogen) atoms. The van der Waals surface area contributed by atoms with E-state index in [1.54, 1.807) is 7.05 Å². The fourth-order valence-electron chi connectivity index (χ4n) is 2.61. The second-order valence-corrected chi connectivity index (χ2v) is 5.33. The Balaban J connectivity index is 2.10. The molecule has 0 aliphatic heterocycles. The van der Waals surface area contributed by atoms with Crippen LogP contribution in [0.1, 0.15) is 46.5 Å². The number of hydrogen-bond acceptors (Lipinski definition) is 4. The standard InChI is InChI=1S/C14H18N2O4/c1-16(9-14(20)5-2-3-6-14)12(17)10-4-7-15-11(8-10)13(18)19/h4,7-8,20H,2-3,5-6,9H2,1H3,(H,18,19). The van der Waals surface area contributed by atoms with Crippen molar-refractivity contribution >= 4 is 11.9 Å². The fraction of sp³-hybridized carbons (Fsp3) is 0.500. The summed E-state index contributed by atoms with van der Waals surface area (Å²) in [6.45, 7) is 0.260. The molecule has 0 radical (unpaired) electrons. The van der Waals surface area contributed by atoms with Crippen LogP contribution in [0.4, 0.5) is 0 Å². The van der Waals surface area contributed by atoms with Crippen LogP contribution in [-0.4, -0.2) is 51.2 Å². The molecule has 1 fully saturated rings. The number of nitrogens with zero attached hydrogens (tertiary/aromatic N) is 2. The smallest absolute Gasteiger partial charge is 0.354 e. The molecule has 1 saturated carbocycles. The number of carboxylic acids is 1. The molecule has 0 aromatic carbocycles. The van der Waals surface area contributed by atoms with Crippen LogP contribution in [0.15, 0.2) is 18.3 Å². The highest BCUT2D eigenvalue weighted by molar-refractivity contribution is 5.96. The van der Waals surface area contributed by atoms with Gasteiger partial charge in [-0.25, -0.2) is 9.78 Å². The Bertz CT molecular complexity index is 524. The molecular weight excluding hydrogens is 260 g/mol. The Morgan fingerprint density at radius 1 is 1.40 bits per heavy atom. The quantitative estimate of drug-likeness (QED) is 0.862. The molecule has 6 nitrogen and oxygen atoms in total. The van der Waals surface area contributed by atoms with Gasteiger partial charge in [-0.2, -0.15) is 0 Å².